The molecular weight excluding hydrogens is 432 g/mol. The molecule has 12 heteroatoms. The molecule has 0 amide bonds. The highest BCUT2D eigenvalue weighted by molar-refractivity contribution is 7.92. The predicted octanol–water partition coefficient (Wildman–Crippen LogP) is 2.61. The molecule has 0 aliphatic heterocycles. The van der Waals surface area contributed by atoms with E-state index in [1.165, 1.54) is 16.4 Å². The van der Waals surface area contributed by atoms with E-state index in [1.807, 2.05) is 0 Å². The third-order valence-corrected chi connectivity index (χ3v) is 6.93. The summed E-state index contributed by atoms with van der Waals surface area (Å²) in [6.45, 7) is 3.95. The van der Waals surface area contributed by atoms with E-state index in [0.717, 1.165) is 12.3 Å². The Morgan fingerprint density at radius 2 is 1.63 bits per heavy atom. The van der Waals surface area contributed by atoms with Crippen LogP contribution >= 0.6 is 0 Å². The zero-order valence-electron chi connectivity index (χ0n) is 16.8. The lowest BCUT2D eigenvalue weighted by atomic mass is 10.1. The Morgan fingerprint density at radius 3 is 2.20 bits per heavy atom. The topological polar surface area (TPSA) is 139 Å². The first-order chi connectivity index (χ1) is 14.0. The van der Waals surface area contributed by atoms with Gasteiger partial charge in [-0.15, -0.1) is 0 Å². The first kappa shape index (κ1) is 23.6. The highest BCUT2D eigenvalue weighted by Gasteiger charge is 2.25. The van der Waals surface area contributed by atoms with Gasteiger partial charge in [0.1, 0.15) is 5.69 Å². The predicted molar refractivity (Wildman–Crippen MR) is 115 cm³/mol. The van der Waals surface area contributed by atoms with Crippen LogP contribution in [0.15, 0.2) is 47.4 Å². The molecular formula is C18H24N4O6S2. The van der Waals surface area contributed by atoms with Crippen LogP contribution in [0.1, 0.15) is 19.4 Å². The molecule has 30 heavy (non-hydrogen) atoms. The van der Waals surface area contributed by atoms with E-state index in [2.05, 4.69) is 10.0 Å². The quantitative estimate of drug-likeness (QED) is 0.414. The lowest BCUT2D eigenvalue weighted by Gasteiger charge is -2.18. The molecule has 2 rings (SSSR count). The van der Waals surface area contributed by atoms with Crippen molar-refractivity contribution in [1.82, 2.24) is 4.31 Å². The van der Waals surface area contributed by atoms with Gasteiger partial charge in [-0.1, -0.05) is 32.0 Å². The minimum atomic E-state index is -3.84. The number of hydrogen-bond acceptors (Lipinski definition) is 7. The molecule has 0 saturated heterocycles. The second kappa shape index (κ2) is 9.41. The van der Waals surface area contributed by atoms with Crippen LogP contribution in [-0.2, 0) is 26.6 Å². The molecule has 0 saturated carbocycles. The zero-order chi connectivity index (χ0) is 22.5. The molecule has 0 aromatic heterocycles. The van der Waals surface area contributed by atoms with Crippen LogP contribution < -0.4 is 10.0 Å². The number of benzene rings is 2. The van der Waals surface area contributed by atoms with Gasteiger partial charge in [0.05, 0.1) is 21.8 Å². The maximum absolute atomic E-state index is 12.7. The standard InChI is InChI=1S/C18H24N4O6S2/c1-4-21(5-2)30(27,28)15-10-11-17(18(12-15)22(23)24)19-13-14-8-6-7-9-16(14)20-29(3,25)26/h6-12,19-20H,4-5,13H2,1-3H3. The summed E-state index contributed by atoms with van der Waals surface area (Å²) in [7, 11) is -7.34. The van der Waals surface area contributed by atoms with Gasteiger partial charge in [-0.3, -0.25) is 14.8 Å². The van der Waals surface area contributed by atoms with Gasteiger partial charge in [0.15, 0.2) is 0 Å². The van der Waals surface area contributed by atoms with Gasteiger partial charge < -0.3 is 5.32 Å². The number of nitro groups is 1. The maximum Gasteiger partial charge on any atom is 0.293 e. The molecule has 2 aromatic carbocycles. The van der Waals surface area contributed by atoms with Crippen molar-refractivity contribution in [3.05, 3.63) is 58.1 Å². The van der Waals surface area contributed by atoms with E-state index in [0.29, 0.717) is 11.3 Å². The first-order valence-corrected chi connectivity index (χ1v) is 12.4. The minimum absolute atomic E-state index is 0.0850. The fourth-order valence-electron chi connectivity index (χ4n) is 2.85. The highest BCUT2D eigenvalue weighted by Crippen LogP contribution is 2.30. The second-order valence-electron chi connectivity index (χ2n) is 6.41. The number of sulfonamides is 2. The molecule has 0 aliphatic rings. The van der Waals surface area contributed by atoms with E-state index in [4.69, 9.17) is 0 Å². The van der Waals surface area contributed by atoms with Crippen molar-refractivity contribution in [1.29, 1.82) is 0 Å². The van der Waals surface area contributed by atoms with Crippen LogP contribution in [0, 0.1) is 10.1 Å². The fraction of sp³-hybridized carbons (Fsp3) is 0.333. The Hall–Kier alpha value is -2.70. The normalized spacial score (nSPS) is 12.0. The second-order valence-corrected chi connectivity index (χ2v) is 10.1. The minimum Gasteiger partial charge on any atom is -0.375 e. The number of nitrogens with one attached hydrogen (secondary N) is 2. The van der Waals surface area contributed by atoms with Gasteiger partial charge >= 0.3 is 0 Å². The Bertz CT molecular complexity index is 1130. The third-order valence-electron chi connectivity index (χ3n) is 4.29. The Kier molecular flexibility index (Phi) is 7.39. The molecule has 10 nitrogen and oxygen atoms in total. The molecule has 2 aromatic rings. The van der Waals surface area contributed by atoms with Gasteiger partial charge in [0.2, 0.25) is 20.0 Å². The van der Waals surface area contributed by atoms with Crippen molar-refractivity contribution >= 4 is 37.1 Å². The third kappa shape index (κ3) is 5.68. The summed E-state index contributed by atoms with van der Waals surface area (Å²) < 4.78 is 52.0. The van der Waals surface area contributed by atoms with Crippen LogP contribution in [0.25, 0.3) is 0 Å². The molecule has 0 fully saturated rings. The van der Waals surface area contributed by atoms with Gasteiger partial charge in [-0.2, -0.15) is 4.31 Å². The smallest absolute Gasteiger partial charge is 0.293 e. The average molecular weight is 457 g/mol. The summed E-state index contributed by atoms with van der Waals surface area (Å²) in [6.07, 6.45) is 1.02. The monoisotopic (exact) mass is 456 g/mol. The Balaban J connectivity index is 2.36. The van der Waals surface area contributed by atoms with Gasteiger partial charge in [-0.05, 0) is 23.8 Å². The number of nitrogens with zero attached hydrogens (tertiary/aromatic N) is 2. The number of anilines is 2. The summed E-state index contributed by atoms with van der Waals surface area (Å²) in [6, 6.07) is 10.3. The van der Waals surface area contributed by atoms with E-state index in [9.17, 15) is 26.9 Å². The van der Waals surface area contributed by atoms with Crippen molar-refractivity contribution in [2.45, 2.75) is 25.3 Å². The van der Waals surface area contributed by atoms with Crippen LogP contribution in [0.2, 0.25) is 0 Å². The lowest BCUT2D eigenvalue weighted by molar-refractivity contribution is -0.384. The largest absolute Gasteiger partial charge is 0.375 e. The molecule has 0 atom stereocenters. The number of nitro benzene ring substituents is 1. The van der Waals surface area contributed by atoms with E-state index < -0.39 is 30.7 Å². The summed E-state index contributed by atoms with van der Waals surface area (Å²) in [4.78, 5) is 10.7. The van der Waals surface area contributed by atoms with Crippen LogP contribution in [-0.4, -0.2) is 45.4 Å². The molecule has 0 spiro atoms. The van der Waals surface area contributed by atoms with Crippen molar-refractivity contribution in [2.24, 2.45) is 0 Å². The fourth-order valence-corrected chi connectivity index (χ4v) is 4.93. The molecule has 0 bridgehead atoms. The van der Waals surface area contributed by atoms with Crippen molar-refractivity contribution in [3.8, 4) is 0 Å². The Labute approximate surface area is 176 Å². The Morgan fingerprint density at radius 1 is 1.00 bits per heavy atom. The average Bonchev–Trinajstić information content (AvgIpc) is 2.66. The molecule has 0 radical (unpaired) electrons. The molecule has 164 valence electrons. The zero-order valence-corrected chi connectivity index (χ0v) is 18.5. The lowest BCUT2D eigenvalue weighted by Crippen LogP contribution is -2.30. The van der Waals surface area contributed by atoms with E-state index in [1.54, 1.807) is 38.1 Å². The summed E-state index contributed by atoms with van der Waals surface area (Å²) in [5.74, 6) is 0. The van der Waals surface area contributed by atoms with Crippen LogP contribution in [0.5, 0.6) is 0 Å². The van der Waals surface area contributed by atoms with Gasteiger partial charge in [0, 0.05) is 25.7 Å². The number of para-hydroxylation sites is 1. The number of rotatable bonds is 10. The van der Waals surface area contributed by atoms with Crippen LogP contribution in [0.3, 0.4) is 0 Å². The summed E-state index contributed by atoms with van der Waals surface area (Å²) in [5, 5.41) is 14.4. The molecule has 0 unspecified atom stereocenters. The van der Waals surface area contributed by atoms with Crippen molar-refractivity contribution < 1.29 is 21.8 Å². The molecule has 2 N–H and O–H groups in total. The summed E-state index contributed by atoms with van der Waals surface area (Å²) in [5.41, 5.74) is 0.636. The van der Waals surface area contributed by atoms with E-state index in [-0.39, 0.29) is 30.2 Å². The van der Waals surface area contributed by atoms with Crippen molar-refractivity contribution in [2.75, 3.05) is 29.4 Å². The van der Waals surface area contributed by atoms with Crippen LogP contribution in [0.4, 0.5) is 17.1 Å². The van der Waals surface area contributed by atoms with Gasteiger partial charge in [0.25, 0.3) is 5.69 Å². The SMILES string of the molecule is CCN(CC)S(=O)(=O)c1ccc(NCc2ccccc2NS(C)(=O)=O)c([N+](=O)[O-])c1. The molecule has 0 aliphatic carbocycles. The maximum atomic E-state index is 12.7. The van der Waals surface area contributed by atoms with Crippen molar-refractivity contribution in [3.63, 3.8) is 0 Å². The molecule has 0 heterocycles. The first-order valence-electron chi connectivity index (χ1n) is 9.07. The van der Waals surface area contributed by atoms with Gasteiger partial charge in [-0.25, -0.2) is 16.8 Å². The summed E-state index contributed by atoms with van der Waals surface area (Å²) >= 11 is 0. The highest BCUT2D eigenvalue weighted by atomic mass is 32.2. The number of hydrogen-bond donors (Lipinski definition) is 2. The van der Waals surface area contributed by atoms with E-state index >= 15 is 0 Å².